The van der Waals surface area contributed by atoms with E-state index in [1.165, 1.54) is 0 Å². The molecule has 0 bridgehead atoms. The van der Waals surface area contributed by atoms with Gasteiger partial charge in [0.1, 0.15) is 5.75 Å². The summed E-state index contributed by atoms with van der Waals surface area (Å²) in [6, 6.07) is 7.17. The number of methoxy groups -OCH3 is 1. The molecule has 1 saturated carbocycles. The van der Waals surface area contributed by atoms with Gasteiger partial charge in [-0.3, -0.25) is 4.79 Å². The summed E-state index contributed by atoms with van der Waals surface area (Å²) < 4.78 is 6.87. The second kappa shape index (κ2) is 6.54. The zero-order chi connectivity index (χ0) is 16.3. The molecular weight excluding hydrogens is 292 g/mol. The number of aliphatic hydroxyl groups is 1. The Morgan fingerprint density at radius 2 is 2.04 bits per heavy atom. The van der Waals surface area contributed by atoms with E-state index in [0.717, 1.165) is 25.7 Å². The SMILES string of the molecule is COc1ccc(C(O)(C(=O)Cn2ccnc2)C2CCCC2)cc1. The molecule has 5 nitrogen and oxygen atoms in total. The lowest BCUT2D eigenvalue weighted by Crippen LogP contribution is -2.44. The molecule has 1 fully saturated rings. The molecule has 0 aliphatic heterocycles. The molecule has 1 atom stereocenters. The number of ketones is 1. The Hall–Kier alpha value is -2.14. The van der Waals surface area contributed by atoms with Gasteiger partial charge in [0.05, 0.1) is 20.0 Å². The van der Waals surface area contributed by atoms with Gasteiger partial charge in [-0.05, 0) is 36.5 Å². The number of Topliss-reactive ketones (excluding diaryl/α,β-unsaturated/α-hetero) is 1. The predicted molar refractivity (Wildman–Crippen MR) is 86.1 cm³/mol. The van der Waals surface area contributed by atoms with Crippen LogP contribution in [0, 0.1) is 5.92 Å². The highest BCUT2D eigenvalue weighted by Gasteiger charge is 2.45. The van der Waals surface area contributed by atoms with E-state index < -0.39 is 5.60 Å². The Bertz CT molecular complexity index is 645. The summed E-state index contributed by atoms with van der Waals surface area (Å²) in [5, 5.41) is 11.4. The molecular formula is C18H22N2O3. The van der Waals surface area contributed by atoms with Crippen LogP contribution in [-0.2, 0) is 16.9 Å². The van der Waals surface area contributed by atoms with E-state index in [-0.39, 0.29) is 18.2 Å². The molecule has 3 rings (SSSR count). The van der Waals surface area contributed by atoms with Gasteiger partial charge in [0, 0.05) is 12.4 Å². The van der Waals surface area contributed by atoms with Gasteiger partial charge in [-0.1, -0.05) is 25.0 Å². The van der Waals surface area contributed by atoms with Crippen molar-refractivity contribution in [2.45, 2.75) is 37.8 Å². The van der Waals surface area contributed by atoms with Crippen LogP contribution in [0.1, 0.15) is 31.2 Å². The molecule has 1 aliphatic rings. The third-order valence-electron chi connectivity index (χ3n) is 4.79. The van der Waals surface area contributed by atoms with Crippen molar-refractivity contribution < 1.29 is 14.6 Å². The van der Waals surface area contributed by atoms with Crippen molar-refractivity contribution in [3.05, 3.63) is 48.5 Å². The summed E-state index contributed by atoms with van der Waals surface area (Å²) in [4.78, 5) is 16.9. The Morgan fingerprint density at radius 1 is 1.35 bits per heavy atom. The lowest BCUT2D eigenvalue weighted by Gasteiger charge is -2.33. The number of ether oxygens (including phenoxy) is 1. The van der Waals surface area contributed by atoms with Crippen LogP contribution in [0.25, 0.3) is 0 Å². The Labute approximate surface area is 135 Å². The third kappa shape index (κ3) is 3.01. The number of nitrogens with zero attached hydrogens (tertiary/aromatic N) is 2. The molecule has 122 valence electrons. The highest BCUT2D eigenvalue weighted by atomic mass is 16.5. The van der Waals surface area contributed by atoms with Gasteiger partial charge in [0.2, 0.25) is 0 Å². The van der Waals surface area contributed by atoms with Crippen molar-refractivity contribution in [3.63, 3.8) is 0 Å². The third-order valence-corrected chi connectivity index (χ3v) is 4.79. The quantitative estimate of drug-likeness (QED) is 0.890. The van der Waals surface area contributed by atoms with Crippen LogP contribution in [-0.4, -0.2) is 27.6 Å². The van der Waals surface area contributed by atoms with E-state index in [2.05, 4.69) is 4.98 Å². The fourth-order valence-corrected chi connectivity index (χ4v) is 3.48. The van der Waals surface area contributed by atoms with E-state index >= 15 is 0 Å². The van der Waals surface area contributed by atoms with E-state index in [4.69, 9.17) is 4.74 Å². The molecule has 1 N–H and O–H groups in total. The van der Waals surface area contributed by atoms with Gasteiger partial charge in [-0.15, -0.1) is 0 Å². The van der Waals surface area contributed by atoms with Crippen LogP contribution < -0.4 is 4.74 Å². The Kier molecular flexibility index (Phi) is 4.48. The average molecular weight is 314 g/mol. The van der Waals surface area contributed by atoms with E-state index in [0.29, 0.717) is 11.3 Å². The van der Waals surface area contributed by atoms with Gasteiger partial charge < -0.3 is 14.4 Å². The summed E-state index contributed by atoms with van der Waals surface area (Å²) in [7, 11) is 1.60. The average Bonchev–Trinajstić information content (AvgIpc) is 3.28. The Morgan fingerprint density at radius 3 is 2.61 bits per heavy atom. The summed E-state index contributed by atoms with van der Waals surface area (Å²) in [6.07, 6.45) is 8.83. The minimum atomic E-state index is -1.45. The molecule has 1 aromatic heterocycles. The van der Waals surface area contributed by atoms with Crippen molar-refractivity contribution in [3.8, 4) is 5.75 Å². The number of carbonyl (C=O) groups excluding carboxylic acids is 1. The fraction of sp³-hybridized carbons (Fsp3) is 0.444. The summed E-state index contributed by atoms with van der Waals surface area (Å²) in [6.45, 7) is 0.124. The number of benzene rings is 1. The number of rotatable bonds is 6. The minimum absolute atomic E-state index is 0.0353. The molecule has 0 saturated heterocycles. The van der Waals surface area contributed by atoms with E-state index in [9.17, 15) is 9.90 Å². The number of hydrogen-bond acceptors (Lipinski definition) is 4. The van der Waals surface area contributed by atoms with Crippen LogP contribution in [0.15, 0.2) is 43.0 Å². The normalized spacial score (nSPS) is 17.8. The molecule has 1 unspecified atom stereocenters. The molecule has 2 aromatic rings. The van der Waals surface area contributed by atoms with Crippen LogP contribution >= 0.6 is 0 Å². The van der Waals surface area contributed by atoms with Crippen molar-refractivity contribution in [2.24, 2.45) is 5.92 Å². The second-order valence-electron chi connectivity index (χ2n) is 6.13. The second-order valence-corrected chi connectivity index (χ2v) is 6.13. The molecule has 0 spiro atoms. The lowest BCUT2D eigenvalue weighted by atomic mass is 9.77. The van der Waals surface area contributed by atoms with Crippen molar-refractivity contribution in [1.82, 2.24) is 9.55 Å². The molecule has 1 heterocycles. The first-order chi connectivity index (χ1) is 11.1. The van der Waals surface area contributed by atoms with Gasteiger partial charge in [-0.25, -0.2) is 4.98 Å². The van der Waals surface area contributed by atoms with Gasteiger partial charge in [0.25, 0.3) is 0 Å². The van der Waals surface area contributed by atoms with Crippen LogP contribution in [0.4, 0.5) is 0 Å². The standard InChI is InChI=1S/C18H22N2O3/c1-23-16-8-6-15(7-9-16)18(22,14-4-2-3-5-14)17(21)12-20-11-10-19-13-20/h6-11,13-14,22H,2-5,12H2,1H3. The first kappa shape index (κ1) is 15.7. The Balaban J connectivity index is 1.93. The molecule has 23 heavy (non-hydrogen) atoms. The topological polar surface area (TPSA) is 64.3 Å². The van der Waals surface area contributed by atoms with Crippen molar-refractivity contribution in [2.75, 3.05) is 7.11 Å². The smallest absolute Gasteiger partial charge is 0.188 e. The van der Waals surface area contributed by atoms with Crippen LogP contribution in [0.2, 0.25) is 0 Å². The number of carbonyl (C=O) groups is 1. The van der Waals surface area contributed by atoms with Gasteiger partial charge in [0.15, 0.2) is 11.4 Å². The maximum atomic E-state index is 12.9. The predicted octanol–water partition coefficient (Wildman–Crippen LogP) is 2.54. The van der Waals surface area contributed by atoms with Gasteiger partial charge >= 0.3 is 0 Å². The van der Waals surface area contributed by atoms with E-state index in [1.807, 2.05) is 0 Å². The summed E-state index contributed by atoms with van der Waals surface area (Å²) >= 11 is 0. The number of imidazole rings is 1. The molecule has 0 amide bonds. The first-order valence-corrected chi connectivity index (χ1v) is 8.00. The van der Waals surface area contributed by atoms with Crippen LogP contribution in [0.3, 0.4) is 0 Å². The van der Waals surface area contributed by atoms with Gasteiger partial charge in [-0.2, -0.15) is 0 Å². The number of aromatic nitrogens is 2. The molecule has 1 aromatic carbocycles. The van der Waals surface area contributed by atoms with E-state index in [1.54, 1.807) is 54.7 Å². The van der Waals surface area contributed by atoms with Crippen molar-refractivity contribution in [1.29, 1.82) is 0 Å². The lowest BCUT2D eigenvalue weighted by molar-refractivity contribution is -0.145. The van der Waals surface area contributed by atoms with Crippen LogP contribution in [0.5, 0.6) is 5.75 Å². The monoisotopic (exact) mass is 314 g/mol. The highest BCUT2D eigenvalue weighted by Crippen LogP contribution is 2.42. The number of hydrogen-bond donors (Lipinski definition) is 1. The molecule has 5 heteroatoms. The minimum Gasteiger partial charge on any atom is -0.497 e. The van der Waals surface area contributed by atoms with Crippen molar-refractivity contribution >= 4 is 5.78 Å². The summed E-state index contributed by atoms with van der Waals surface area (Å²) in [5.74, 6) is 0.490. The largest absolute Gasteiger partial charge is 0.497 e. The maximum absolute atomic E-state index is 12.9. The zero-order valence-electron chi connectivity index (χ0n) is 13.3. The first-order valence-electron chi connectivity index (χ1n) is 8.00. The fourth-order valence-electron chi connectivity index (χ4n) is 3.48. The molecule has 0 radical (unpaired) electrons. The zero-order valence-corrected chi connectivity index (χ0v) is 13.3. The maximum Gasteiger partial charge on any atom is 0.188 e. The summed E-state index contributed by atoms with van der Waals surface area (Å²) in [5.41, 5.74) is -0.803. The highest BCUT2D eigenvalue weighted by molar-refractivity contribution is 5.88. The molecule has 1 aliphatic carbocycles.